The molecule has 0 aliphatic carbocycles. The van der Waals surface area contributed by atoms with Crippen LogP contribution in [0, 0.1) is 0 Å². The van der Waals surface area contributed by atoms with Crippen LogP contribution in [0.3, 0.4) is 0 Å². The number of alkyl halides is 3. The molecule has 2 aromatic heterocycles. The molecule has 0 aliphatic heterocycles. The van der Waals surface area contributed by atoms with Gasteiger partial charge in [0, 0.05) is 6.54 Å². The summed E-state index contributed by atoms with van der Waals surface area (Å²) in [5, 5.41) is 0.494. The van der Waals surface area contributed by atoms with Crippen LogP contribution in [0.25, 0.3) is 11.2 Å². The van der Waals surface area contributed by atoms with Crippen LogP contribution in [0.1, 0.15) is 11.1 Å². The maximum Gasteiger partial charge on any atom is 0.416 e. The van der Waals surface area contributed by atoms with Crippen molar-refractivity contribution in [3.8, 4) is 11.5 Å². The van der Waals surface area contributed by atoms with Gasteiger partial charge in [-0.2, -0.15) is 13.2 Å². The summed E-state index contributed by atoms with van der Waals surface area (Å²) in [5.74, 6) is 1.41. The number of halogens is 3. The SMILES string of the molecule is COc1ccc(OC)c(Sc2nc3c(N)ncnc3n2CCc2ccccc2C(F)(F)F)c1. The van der Waals surface area contributed by atoms with Crippen molar-refractivity contribution in [2.24, 2.45) is 0 Å². The molecule has 0 fully saturated rings. The number of anilines is 1. The number of nitrogens with two attached hydrogens (primary N) is 1. The van der Waals surface area contributed by atoms with Gasteiger partial charge in [0.15, 0.2) is 22.1 Å². The Hall–Kier alpha value is -3.47. The number of benzene rings is 2. The van der Waals surface area contributed by atoms with Crippen molar-refractivity contribution in [3.63, 3.8) is 0 Å². The number of hydrogen-bond acceptors (Lipinski definition) is 7. The summed E-state index contributed by atoms with van der Waals surface area (Å²) in [5.41, 5.74) is 6.34. The molecule has 0 spiro atoms. The van der Waals surface area contributed by atoms with Crippen LogP contribution in [-0.2, 0) is 19.1 Å². The van der Waals surface area contributed by atoms with E-state index in [2.05, 4.69) is 15.0 Å². The van der Waals surface area contributed by atoms with Crippen LogP contribution in [0.15, 0.2) is 58.8 Å². The van der Waals surface area contributed by atoms with Crippen molar-refractivity contribution in [2.75, 3.05) is 20.0 Å². The Morgan fingerprint density at radius 2 is 1.85 bits per heavy atom. The van der Waals surface area contributed by atoms with Gasteiger partial charge in [0.25, 0.3) is 0 Å². The number of hydrogen-bond donors (Lipinski definition) is 1. The average Bonchev–Trinajstić information content (AvgIpc) is 3.15. The first-order valence-electron chi connectivity index (χ1n) is 9.83. The highest BCUT2D eigenvalue weighted by molar-refractivity contribution is 7.99. The molecule has 0 unspecified atom stereocenters. The van der Waals surface area contributed by atoms with Crippen molar-refractivity contribution in [3.05, 3.63) is 59.9 Å². The second kappa shape index (κ2) is 9.18. The van der Waals surface area contributed by atoms with Gasteiger partial charge in [0.2, 0.25) is 0 Å². The van der Waals surface area contributed by atoms with Crippen LogP contribution in [0.2, 0.25) is 0 Å². The zero-order valence-electron chi connectivity index (χ0n) is 17.8. The van der Waals surface area contributed by atoms with Crippen LogP contribution in [0.5, 0.6) is 11.5 Å². The fraction of sp³-hybridized carbons (Fsp3) is 0.227. The molecular formula is C22H20F3N5O2S. The topological polar surface area (TPSA) is 88.1 Å². The minimum Gasteiger partial charge on any atom is -0.497 e. The van der Waals surface area contributed by atoms with Gasteiger partial charge in [-0.25, -0.2) is 15.0 Å². The van der Waals surface area contributed by atoms with E-state index in [0.29, 0.717) is 27.8 Å². The third-order valence-electron chi connectivity index (χ3n) is 5.02. The lowest BCUT2D eigenvalue weighted by molar-refractivity contribution is -0.138. The Labute approximate surface area is 191 Å². The minimum atomic E-state index is -4.44. The number of methoxy groups -OCH3 is 2. The lowest BCUT2D eigenvalue weighted by Crippen LogP contribution is -2.11. The maximum absolute atomic E-state index is 13.5. The van der Waals surface area contributed by atoms with Crippen molar-refractivity contribution in [1.82, 2.24) is 19.5 Å². The summed E-state index contributed by atoms with van der Waals surface area (Å²) < 4.78 is 52.9. The molecule has 0 radical (unpaired) electrons. The summed E-state index contributed by atoms with van der Waals surface area (Å²) in [4.78, 5) is 13.6. The summed E-state index contributed by atoms with van der Waals surface area (Å²) in [7, 11) is 3.10. The van der Waals surface area contributed by atoms with E-state index in [-0.39, 0.29) is 24.3 Å². The molecule has 7 nitrogen and oxygen atoms in total. The van der Waals surface area contributed by atoms with E-state index in [0.717, 1.165) is 11.0 Å². The number of rotatable bonds is 7. The summed E-state index contributed by atoms with van der Waals surface area (Å²) in [6.45, 7) is 0.203. The highest BCUT2D eigenvalue weighted by atomic mass is 32.2. The zero-order chi connectivity index (χ0) is 23.6. The zero-order valence-corrected chi connectivity index (χ0v) is 18.6. The largest absolute Gasteiger partial charge is 0.497 e. The van der Waals surface area contributed by atoms with Gasteiger partial charge in [-0.15, -0.1) is 0 Å². The molecule has 2 heterocycles. The first kappa shape index (κ1) is 22.7. The standard InChI is InChI=1S/C22H20F3N5O2S/c1-31-14-7-8-16(32-2)17(11-14)33-21-29-18-19(26)27-12-28-20(18)30(21)10-9-13-5-3-4-6-15(13)22(23,24)25/h3-8,11-12H,9-10H2,1-2H3,(H2,26,27,28). The molecule has 0 amide bonds. The van der Waals surface area contributed by atoms with Crippen molar-refractivity contribution in [1.29, 1.82) is 0 Å². The van der Waals surface area contributed by atoms with E-state index in [1.807, 2.05) is 0 Å². The van der Waals surface area contributed by atoms with Crippen LogP contribution < -0.4 is 15.2 Å². The molecule has 0 bridgehead atoms. The lowest BCUT2D eigenvalue weighted by atomic mass is 10.0. The molecule has 0 aliphatic rings. The fourth-order valence-electron chi connectivity index (χ4n) is 3.42. The molecule has 172 valence electrons. The minimum absolute atomic E-state index is 0.119. The highest BCUT2D eigenvalue weighted by Crippen LogP contribution is 2.39. The fourth-order valence-corrected chi connectivity index (χ4v) is 4.47. The molecule has 4 aromatic rings. The van der Waals surface area contributed by atoms with E-state index < -0.39 is 11.7 Å². The van der Waals surface area contributed by atoms with E-state index in [9.17, 15) is 13.2 Å². The number of ether oxygens (including phenoxy) is 2. The first-order chi connectivity index (χ1) is 15.8. The normalized spacial score (nSPS) is 11.7. The number of fused-ring (bicyclic) bond motifs is 1. The molecule has 4 rings (SSSR count). The lowest BCUT2D eigenvalue weighted by Gasteiger charge is -2.14. The Bertz CT molecular complexity index is 1290. The molecule has 2 aromatic carbocycles. The summed E-state index contributed by atoms with van der Waals surface area (Å²) in [6, 6.07) is 10.9. The van der Waals surface area contributed by atoms with Crippen molar-refractivity contribution >= 4 is 28.7 Å². The Balaban J connectivity index is 1.75. The number of nitrogen functional groups attached to an aromatic ring is 1. The molecule has 0 saturated heterocycles. The Morgan fingerprint density at radius 1 is 1.06 bits per heavy atom. The van der Waals surface area contributed by atoms with Crippen molar-refractivity contribution < 1.29 is 22.6 Å². The number of aromatic nitrogens is 4. The molecule has 11 heteroatoms. The van der Waals surface area contributed by atoms with Gasteiger partial charge < -0.3 is 19.8 Å². The van der Waals surface area contributed by atoms with E-state index in [1.54, 1.807) is 43.1 Å². The van der Waals surface area contributed by atoms with Gasteiger partial charge in [0.1, 0.15) is 17.8 Å². The van der Waals surface area contributed by atoms with E-state index in [1.165, 1.54) is 30.2 Å². The van der Waals surface area contributed by atoms with Crippen LogP contribution >= 0.6 is 11.8 Å². The molecule has 0 atom stereocenters. The smallest absolute Gasteiger partial charge is 0.416 e. The predicted molar refractivity (Wildman–Crippen MR) is 119 cm³/mol. The molecular weight excluding hydrogens is 455 g/mol. The number of aryl methyl sites for hydroxylation is 2. The second-order valence-electron chi connectivity index (χ2n) is 7.00. The predicted octanol–water partition coefficient (Wildman–Crippen LogP) is 4.84. The number of nitrogens with zero attached hydrogens (tertiary/aromatic N) is 4. The summed E-state index contributed by atoms with van der Waals surface area (Å²) >= 11 is 1.28. The molecule has 2 N–H and O–H groups in total. The maximum atomic E-state index is 13.5. The van der Waals surface area contributed by atoms with Crippen LogP contribution in [-0.4, -0.2) is 33.7 Å². The van der Waals surface area contributed by atoms with E-state index in [4.69, 9.17) is 15.2 Å². The highest BCUT2D eigenvalue weighted by Gasteiger charge is 2.32. The second-order valence-corrected chi connectivity index (χ2v) is 8.01. The number of imidazole rings is 1. The van der Waals surface area contributed by atoms with E-state index >= 15 is 0 Å². The Morgan fingerprint density at radius 3 is 2.58 bits per heavy atom. The third kappa shape index (κ3) is 4.68. The van der Waals surface area contributed by atoms with Gasteiger partial charge in [-0.05, 0) is 48.0 Å². The summed E-state index contributed by atoms with van der Waals surface area (Å²) in [6.07, 6.45) is -3.01. The first-order valence-corrected chi connectivity index (χ1v) is 10.6. The van der Waals surface area contributed by atoms with Crippen LogP contribution in [0.4, 0.5) is 19.0 Å². The Kier molecular flexibility index (Phi) is 6.32. The van der Waals surface area contributed by atoms with Gasteiger partial charge in [-0.1, -0.05) is 18.2 Å². The monoisotopic (exact) mass is 475 g/mol. The third-order valence-corrected chi connectivity index (χ3v) is 6.06. The van der Waals surface area contributed by atoms with Crippen molar-refractivity contribution in [2.45, 2.75) is 29.2 Å². The van der Waals surface area contributed by atoms with Gasteiger partial charge in [-0.3, -0.25) is 0 Å². The quantitative estimate of drug-likeness (QED) is 0.409. The van der Waals surface area contributed by atoms with Gasteiger partial charge >= 0.3 is 6.18 Å². The van der Waals surface area contributed by atoms with Gasteiger partial charge in [0.05, 0.1) is 24.7 Å². The molecule has 33 heavy (non-hydrogen) atoms. The molecule has 0 saturated carbocycles. The average molecular weight is 475 g/mol.